The maximum atomic E-state index is 11.7. The molecule has 0 aliphatic heterocycles. The predicted octanol–water partition coefficient (Wildman–Crippen LogP) is 4.28. The van der Waals surface area contributed by atoms with E-state index in [0.29, 0.717) is 5.57 Å². The van der Waals surface area contributed by atoms with Crippen molar-refractivity contribution in [3.05, 3.63) is 51.5 Å². The van der Waals surface area contributed by atoms with Crippen LogP contribution in [-0.4, -0.2) is 13.1 Å². The van der Waals surface area contributed by atoms with Crippen LogP contribution in [0.4, 0.5) is 0 Å². The summed E-state index contributed by atoms with van der Waals surface area (Å²) in [4.78, 5) is 11.7. The maximum absolute atomic E-state index is 11.7. The minimum absolute atomic E-state index is 0.320. The number of carbonyl (C=O) groups excluding carboxylic acids is 1. The van der Waals surface area contributed by atoms with Crippen LogP contribution in [-0.2, 0) is 9.53 Å². The van der Waals surface area contributed by atoms with Gasteiger partial charge in [0.25, 0.3) is 0 Å². The van der Waals surface area contributed by atoms with Gasteiger partial charge in [-0.05, 0) is 36.6 Å². The van der Waals surface area contributed by atoms with Gasteiger partial charge in [0.15, 0.2) is 0 Å². The third kappa shape index (κ3) is 3.84. The number of hydrogen-bond donors (Lipinski definition) is 0. The van der Waals surface area contributed by atoms with Crippen LogP contribution in [0.1, 0.15) is 24.5 Å². The van der Waals surface area contributed by atoms with Crippen molar-refractivity contribution in [1.29, 1.82) is 0 Å². The number of allylic oxidation sites excluding steroid dienone is 1. The summed E-state index contributed by atoms with van der Waals surface area (Å²) in [5, 5.41) is 0. The van der Waals surface area contributed by atoms with Gasteiger partial charge in [0.2, 0.25) is 0 Å². The summed E-state index contributed by atoms with van der Waals surface area (Å²) in [6, 6.07) is 5.90. The molecule has 1 aromatic rings. The molecule has 0 atom stereocenters. The van der Waals surface area contributed by atoms with Crippen LogP contribution >= 0.6 is 15.9 Å². The molecule has 0 aliphatic rings. The number of benzene rings is 1. The Morgan fingerprint density at radius 1 is 1.44 bits per heavy atom. The van der Waals surface area contributed by atoms with Crippen LogP contribution in [0.3, 0.4) is 0 Å². The minimum Gasteiger partial charge on any atom is -0.465 e. The van der Waals surface area contributed by atoms with Crippen molar-refractivity contribution in [3.63, 3.8) is 0 Å². The summed E-state index contributed by atoms with van der Waals surface area (Å²) in [6.45, 7) is 4.03. The molecule has 1 aromatic carbocycles. The Bertz CT molecular complexity index is 487. The highest BCUT2D eigenvalue weighted by molar-refractivity contribution is 9.10. The number of carbonyl (C=O) groups is 1. The predicted molar refractivity (Wildman–Crippen MR) is 78.3 cm³/mol. The van der Waals surface area contributed by atoms with E-state index in [1.54, 1.807) is 6.08 Å². The third-order valence-corrected chi connectivity index (χ3v) is 3.43. The van der Waals surface area contributed by atoms with E-state index in [-0.39, 0.29) is 5.97 Å². The Morgan fingerprint density at radius 2 is 2.17 bits per heavy atom. The first-order valence-corrected chi connectivity index (χ1v) is 6.61. The molecule has 1 rings (SSSR count). The molecular weight excluding hydrogens is 292 g/mol. The zero-order valence-corrected chi connectivity index (χ0v) is 12.5. The monoisotopic (exact) mass is 308 g/mol. The molecule has 0 saturated heterocycles. The first kappa shape index (κ1) is 14.7. The quantitative estimate of drug-likeness (QED) is 0.471. The SMILES string of the molecule is CC/C=C/C(=C\c1cccc(Br)c1C)C(=O)OC. The number of halogens is 1. The first-order chi connectivity index (χ1) is 8.60. The van der Waals surface area contributed by atoms with Gasteiger partial charge in [0, 0.05) is 4.47 Å². The van der Waals surface area contributed by atoms with Gasteiger partial charge in [-0.2, -0.15) is 0 Å². The lowest BCUT2D eigenvalue weighted by molar-refractivity contribution is -0.135. The van der Waals surface area contributed by atoms with Gasteiger partial charge in [0.05, 0.1) is 12.7 Å². The van der Waals surface area contributed by atoms with E-state index >= 15 is 0 Å². The van der Waals surface area contributed by atoms with Crippen LogP contribution in [0, 0.1) is 6.92 Å². The summed E-state index contributed by atoms with van der Waals surface area (Å²) >= 11 is 3.48. The molecular formula is C15H17BrO2. The second kappa shape index (κ2) is 7.17. The Kier molecular flexibility index (Phi) is 5.86. The number of esters is 1. The fourth-order valence-corrected chi connectivity index (χ4v) is 1.87. The van der Waals surface area contributed by atoms with E-state index in [0.717, 1.165) is 22.0 Å². The Balaban J connectivity index is 3.19. The molecule has 0 aromatic heterocycles. The summed E-state index contributed by atoms with van der Waals surface area (Å²) in [6.07, 6.45) is 6.46. The van der Waals surface area contributed by atoms with E-state index in [4.69, 9.17) is 4.74 Å². The van der Waals surface area contributed by atoms with Gasteiger partial charge in [-0.3, -0.25) is 0 Å². The van der Waals surface area contributed by atoms with Crippen LogP contribution in [0.25, 0.3) is 6.08 Å². The van der Waals surface area contributed by atoms with Crippen LogP contribution in [0.15, 0.2) is 40.4 Å². The van der Waals surface area contributed by atoms with Crippen molar-refractivity contribution >= 4 is 28.0 Å². The molecule has 3 heteroatoms. The van der Waals surface area contributed by atoms with Crippen LogP contribution in [0.5, 0.6) is 0 Å². The lowest BCUT2D eigenvalue weighted by atomic mass is 10.1. The van der Waals surface area contributed by atoms with Gasteiger partial charge in [0.1, 0.15) is 0 Å². The van der Waals surface area contributed by atoms with Gasteiger partial charge < -0.3 is 4.74 Å². The minimum atomic E-state index is -0.320. The van der Waals surface area contributed by atoms with Crippen molar-refractivity contribution in [2.24, 2.45) is 0 Å². The standard InChI is InChI=1S/C15H17BrO2/c1-4-5-7-13(15(17)18-3)10-12-8-6-9-14(16)11(12)2/h5-10H,4H2,1-3H3/b7-5+,13-10+. The van der Waals surface area contributed by atoms with Gasteiger partial charge in [-0.15, -0.1) is 0 Å². The maximum Gasteiger partial charge on any atom is 0.337 e. The van der Waals surface area contributed by atoms with Crippen molar-refractivity contribution in [1.82, 2.24) is 0 Å². The molecule has 0 N–H and O–H groups in total. The average molecular weight is 309 g/mol. The average Bonchev–Trinajstić information content (AvgIpc) is 2.38. The summed E-state index contributed by atoms with van der Waals surface area (Å²) in [5.74, 6) is -0.320. The highest BCUT2D eigenvalue weighted by Crippen LogP contribution is 2.22. The van der Waals surface area contributed by atoms with Gasteiger partial charge >= 0.3 is 5.97 Å². The zero-order valence-electron chi connectivity index (χ0n) is 10.9. The number of hydrogen-bond acceptors (Lipinski definition) is 2. The fourth-order valence-electron chi connectivity index (χ4n) is 1.49. The number of ether oxygens (including phenoxy) is 1. The lowest BCUT2D eigenvalue weighted by Crippen LogP contribution is -2.02. The molecule has 0 saturated carbocycles. The summed E-state index contributed by atoms with van der Waals surface area (Å²) < 4.78 is 5.81. The highest BCUT2D eigenvalue weighted by atomic mass is 79.9. The smallest absolute Gasteiger partial charge is 0.337 e. The normalized spacial score (nSPS) is 11.9. The molecule has 96 valence electrons. The summed E-state index contributed by atoms with van der Waals surface area (Å²) in [5.41, 5.74) is 2.66. The fraction of sp³-hybridized carbons (Fsp3) is 0.267. The second-order valence-electron chi connectivity index (χ2n) is 3.86. The van der Waals surface area contributed by atoms with E-state index in [9.17, 15) is 4.79 Å². The van der Waals surface area contributed by atoms with Crippen molar-refractivity contribution in [2.75, 3.05) is 7.11 Å². The topological polar surface area (TPSA) is 26.3 Å². The highest BCUT2D eigenvalue weighted by Gasteiger charge is 2.07. The van der Waals surface area contributed by atoms with Crippen LogP contribution < -0.4 is 0 Å². The molecule has 0 bridgehead atoms. The van der Waals surface area contributed by atoms with Crippen LogP contribution in [0.2, 0.25) is 0 Å². The molecule has 0 heterocycles. The van der Waals surface area contributed by atoms with Crippen molar-refractivity contribution < 1.29 is 9.53 Å². The molecule has 18 heavy (non-hydrogen) atoms. The van der Waals surface area contributed by atoms with Gasteiger partial charge in [-0.25, -0.2) is 4.79 Å². The zero-order chi connectivity index (χ0) is 13.5. The largest absolute Gasteiger partial charge is 0.465 e. The lowest BCUT2D eigenvalue weighted by Gasteiger charge is -2.05. The number of methoxy groups -OCH3 is 1. The van der Waals surface area contributed by atoms with Gasteiger partial charge in [-0.1, -0.05) is 47.1 Å². The molecule has 0 fully saturated rings. The molecule has 0 amide bonds. The Morgan fingerprint density at radius 3 is 2.78 bits per heavy atom. The van der Waals surface area contributed by atoms with E-state index in [1.807, 2.05) is 44.2 Å². The molecule has 0 radical (unpaired) electrons. The van der Waals surface area contributed by atoms with Crippen molar-refractivity contribution in [3.8, 4) is 0 Å². The van der Waals surface area contributed by atoms with E-state index in [2.05, 4.69) is 15.9 Å². The molecule has 0 spiro atoms. The molecule has 2 nitrogen and oxygen atoms in total. The number of rotatable bonds is 4. The first-order valence-electron chi connectivity index (χ1n) is 5.81. The Hall–Kier alpha value is -1.35. The second-order valence-corrected chi connectivity index (χ2v) is 4.71. The van der Waals surface area contributed by atoms with E-state index in [1.165, 1.54) is 7.11 Å². The molecule has 0 unspecified atom stereocenters. The molecule has 0 aliphatic carbocycles. The Labute approximate surface area is 116 Å². The van der Waals surface area contributed by atoms with E-state index < -0.39 is 0 Å². The van der Waals surface area contributed by atoms with Crippen molar-refractivity contribution in [2.45, 2.75) is 20.3 Å². The third-order valence-electron chi connectivity index (χ3n) is 2.57. The summed E-state index contributed by atoms with van der Waals surface area (Å²) in [7, 11) is 1.39.